The number of nitro benzene ring substituents is 1. The van der Waals surface area contributed by atoms with Gasteiger partial charge in [0.05, 0.1) is 4.92 Å². The third-order valence-electron chi connectivity index (χ3n) is 4.15. The maximum absolute atomic E-state index is 12.6. The number of carbonyl (C=O) groups excluding carboxylic acids is 2. The summed E-state index contributed by atoms with van der Waals surface area (Å²) in [6, 6.07) is 13.0. The van der Waals surface area contributed by atoms with Gasteiger partial charge >= 0.3 is 5.97 Å². The second-order valence-electron chi connectivity index (χ2n) is 6.17. The van der Waals surface area contributed by atoms with E-state index in [0.29, 0.717) is 18.4 Å². The minimum absolute atomic E-state index is 0.0211. The maximum atomic E-state index is 12.6. The molecule has 0 saturated heterocycles. The first-order valence-electron chi connectivity index (χ1n) is 9.12. The number of Topliss-reactive ketones (excluding diaryl/α,β-unsaturated/α-hetero) is 1. The van der Waals surface area contributed by atoms with E-state index >= 15 is 0 Å². The molecule has 0 bridgehead atoms. The van der Waals surface area contributed by atoms with Crippen molar-refractivity contribution in [2.45, 2.75) is 39.5 Å². The van der Waals surface area contributed by atoms with Crippen molar-refractivity contribution >= 4 is 23.2 Å². The molecule has 0 spiro atoms. The smallest absolute Gasteiger partial charge is 0.318 e. The van der Waals surface area contributed by atoms with E-state index in [1.807, 2.05) is 6.92 Å². The SMILES string of the molecule is CCCCC(=O)O/N=C(/CC)C(=O)c1ccc(-c2ccc([N+](=O)[O-])cc2)cc1. The molecule has 0 aromatic heterocycles. The van der Waals surface area contributed by atoms with Crippen LogP contribution in [0.15, 0.2) is 53.7 Å². The Labute approximate surface area is 163 Å². The Hall–Kier alpha value is -3.35. The van der Waals surface area contributed by atoms with Crippen LogP contribution in [0, 0.1) is 10.1 Å². The summed E-state index contributed by atoms with van der Waals surface area (Å²) in [5, 5.41) is 14.5. The van der Waals surface area contributed by atoms with Crippen LogP contribution in [0.4, 0.5) is 5.69 Å². The number of carbonyl (C=O) groups is 2. The molecule has 7 nitrogen and oxygen atoms in total. The highest BCUT2D eigenvalue weighted by molar-refractivity contribution is 6.45. The van der Waals surface area contributed by atoms with Crippen LogP contribution in [0.5, 0.6) is 0 Å². The highest BCUT2D eigenvalue weighted by Gasteiger charge is 2.15. The molecule has 0 atom stereocenters. The molecule has 0 N–H and O–H groups in total. The monoisotopic (exact) mass is 382 g/mol. The third kappa shape index (κ3) is 5.57. The van der Waals surface area contributed by atoms with E-state index in [-0.39, 0.29) is 23.6 Å². The Morgan fingerprint density at radius 2 is 1.57 bits per heavy atom. The Morgan fingerprint density at radius 1 is 1.00 bits per heavy atom. The van der Waals surface area contributed by atoms with E-state index in [1.165, 1.54) is 12.1 Å². The number of oxime groups is 1. The standard InChI is InChI=1S/C21H22N2O5/c1-3-5-6-20(24)28-22-19(4-2)21(25)17-9-7-15(8-10-17)16-11-13-18(14-12-16)23(26)27/h7-14H,3-6H2,1-2H3/b22-19-. The van der Waals surface area contributed by atoms with Gasteiger partial charge < -0.3 is 4.84 Å². The highest BCUT2D eigenvalue weighted by Crippen LogP contribution is 2.23. The number of rotatable bonds is 9. The molecular weight excluding hydrogens is 360 g/mol. The molecule has 28 heavy (non-hydrogen) atoms. The number of hydrogen-bond donors (Lipinski definition) is 0. The van der Waals surface area contributed by atoms with Crippen molar-refractivity contribution < 1.29 is 19.3 Å². The van der Waals surface area contributed by atoms with E-state index in [4.69, 9.17) is 4.84 Å². The molecule has 0 saturated carbocycles. The number of non-ortho nitro benzene ring substituents is 1. The predicted molar refractivity (Wildman–Crippen MR) is 106 cm³/mol. The van der Waals surface area contributed by atoms with E-state index in [2.05, 4.69) is 5.16 Å². The van der Waals surface area contributed by atoms with Gasteiger partial charge in [-0.2, -0.15) is 0 Å². The van der Waals surface area contributed by atoms with Crippen molar-refractivity contribution in [3.63, 3.8) is 0 Å². The van der Waals surface area contributed by atoms with E-state index in [9.17, 15) is 19.7 Å². The normalized spacial score (nSPS) is 11.1. The van der Waals surface area contributed by atoms with Gasteiger partial charge in [-0.05, 0) is 36.1 Å². The van der Waals surface area contributed by atoms with Gasteiger partial charge in [0.15, 0.2) is 0 Å². The van der Waals surface area contributed by atoms with Crippen LogP contribution in [-0.2, 0) is 9.63 Å². The fourth-order valence-electron chi connectivity index (χ4n) is 2.50. The third-order valence-corrected chi connectivity index (χ3v) is 4.15. The molecule has 7 heteroatoms. The molecule has 2 aromatic rings. The van der Waals surface area contributed by atoms with Crippen molar-refractivity contribution in [1.82, 2.24) is 0 Å². The predicted octanol–water partition coefficient (Wildman–Crippen LogP) is 4.94. The first kappa shape index (κ1) is 21.0. The average Bonchev–Trinajstić information content (AvgIpc) is 2.72. The second kappa shape index (κ2) is 10.1. The number of nitrogens with zero attached hydrogens (tertiary/aromatic N) is 2. The largest absolute Gasteiger partial charge is 0.335 e. The molecule has 0 radical (unpaired) electrons. The molecule has 0 fully saturated rings. The van der Waals surface area contributed by atoms with Crippen molar-refractivity contribution in [3.05, 3.63) is 64.2 Å². The van der Waals surface area contributed by atoms with Gasteiger partial charge in [-0.3, -0.25) is 14.9 Å². The van der Waals surface area contributed by atoms with Gasteiger partial charge in [-0.25, -0.2) is 4.79 Å². The van der Waals surface area contributed by atoms with Crippen LogP contribution in [0.25, 0.3) is 11.1 Å². The Balaban J connectivity index is 2.11. The minimum Gasteiger partial charge on any atom is -0.318 e. The van der Waals surface area contributed by atoms with Crippen LogP contribution in [-0.4, -0.2) is 22.4 Å². The van der Waals surface area contributed by atoms with Gasteiger partial charge in [0.1, 0.15) is 5.71 Å². The summed E-state index contributed by atoms with van der Waals surface area (Å²) in [4.78, 5) is 39.3. The Bertz CT molecular complexity index is 871. The van der Waals surface area contributed by atoms with Gasteiger partial charge in [0.25, 0.3) is 5.69 Å². The number of hydrogen-bond acceptors (Lipinski definition) is 6. The Morgan fingerprint density at radius 3 is 2.07 bits per heavy atom. The topological polar surface area (TPSA) is 98.9 Å². The van der Waals surface area contributed by atoms with E-state index in [0.717, 1.165) is 17.5 Å². The summed E-state index contributed by atoms with van der Waals surface area (Å²) in [6.07, 6.45) is 2.20. The van der Waals surface area contributed by atoms with Crippen LogP contribution < -0.4 is 0 Å². The van der Waals surface area contributed by atoms with Crippen LogP contribution in [0.3, 0.4) is 0 Å². The first-order chi connectivity index (χ1) is 13.5. The molecule has 0 unspecified atom stereocenters. The van der Waals surface area contributed by atoms with Gasteiger partial charge in [-0.1, -0.05) is 49.7 Å². The molecule has 0 aliphatic rings. The fourth-order valence-corrected chi connectivity index (χ4v) is 2.50. The van der Waals surface area contributed by atoms with Crippen molar-refractivity contribution in [3.8, 4) is 11.1 Å². The molecule has 0 amide bonds. The number of ketones is 1. The molecule has 2 aromatic carbocycles. The zero-order chi connectivity index (χ0) is 20.5. The van der Waals surface area contributed by atoms with Gasteiger partial charge in [0, 0.05) is 24.1 Å². The highest BCUT2D eigenvalue weighted by atomic mass is 16.7. The van der Waals surface area contributed by atoms with Crippen LogP contribution in [0.1, 0.15) is 49.9 Å². The first-order valence-corrected chi connectivity index (χ1v) is 9.12. The van der Waals surface area contributed by atoms with E-state index < -0.39 is 10.9 Å². The second-order valence-corrected chi connectivity index (χ2v) is 6.17. The summed E-state index contributed by atoms with van der Waals surface area (Å²) < 4.78 is 0. The zero-order valence-corrected chi connectivity index (χ0v) is 15.9. The average molecular weight is 382 g/mol. The number of benzene rings is 2. The van der Waals surface area contributed by atoms with E-state index in [1.54, 1.807) is 43.3 Å². The lowest BCUT2D eigenvalue weighted by Gasteiger charge is -2.06. The molecule has 0 heterocycles. The zero-order valence-electron chi connectivity index (χ0n) is 15.9. The molecule has 146 valence electrons. The molecule has 0 aliphatic heterocycles. The summed E-state index contributed by atoms with van der Waals surface area (Å²) in [5.41, 5.74) is 2.25. The quantitative estimate of drug-likeness (QED) is 0.201. The summed E-state index contributed by atoms with van der Waals surface area (Å²) in [5.74, 6) is -0.754. The van der Waals surface area contributed by atoms with Crippen molar-refractivity contribution in [1.29, 1.82) is 0 Å². The lowest BCUT2D eigenvalue weighted by Crippen LogP contribution is -2.15. The summed E-state index contributed by atoms with van der Waals surface area (Å²) in [6.45, 7) is 3.74. The molecule has 2 rings (SSSR count). The number of unbranched alkanes of at least 4 members (excludes halogenated alkanes) is 1. The van der Waals surface area contributed by atoms with Crippen molar-refractivity contribution in [2.24, 2.45) is 5.16 Å². The number of nitro groups is 1. The Kier molecular flexibility index (Phi) is 7.56. The van der Waals surface area contributed by atoms with Crippen molar-refractivity contribution in [2.75, 3.05) is 0 Å². The summed E-state index contributed by atoms with van der Waals surface area (Å²) in [7, 11) is 0. The maximum Gasteiger partial charge on any atom is 0.335 e. The summed E-state index contributed by atoms with van der Waals surface area (Å²) >= 11 is 0. The van der Waals surface area contributed by atoms with Gasteiger partial charge in [0.2, 0.25) is 5.78 Å². The molecular formula is C21H22N2O5. The van der Waals surface area contributed by atoms with Gasteiger partial charge in [-0.15, -0.1) is 0 Å². The fraction of sp³-hybridized carbons (Fsp3) is 0.286. The lowest BCUT2D eigenvalue weighted by atomic mass is 10.00. The minimum atomic E-state index is -0.452. The molecule has 0 aliphatic carbocycles. The van der Waals surface area contributed by atoms with Crippen LogP contribution >= 0.6 is 0 Å². The van der Waals surface area contributed by atoms with Crippen LogP contribution in [0.2, 0.25) is 0 Å². The lowest BCUT2D eigenvalue weighted by molar-refractivity contribution is -0.384.